The summed E-state index contributed by atoms with van der Waals surface area (Å²) in [5, 5.41) is 2.75. The first-order chi connectivity index (χ1) is 2.83. The van der Waals surface area contributed by atoms with Crippen LogP contribution in [0, 0.1) is 0 Å². The predicted molar refractivity (Wildman–Crippen MR) is 31.7 cm³/mol. The van der Waals surface area contributed by atoms with Gasteiger partial charge in [-0.25, -0.2) is 0 Å². The van der Waals surface area contributed by atoms with Crippen molar-refractivity contribution in [3.8, 4) is 0 Å². The van der Waals surface area contributed by atoms with Crippen molar-refractivity contribution in [3.63, 3.8) is 0 Å². The Balaban J connectivity index is 0. The summed E-state index contributed by atoms with van der Waals surface area (Å²) in [4.78, 5) is 0. The molecule has 0 aromatic carbocycles. The smallest absolute Gasteiger partial charge is 0.0391 e. The average Bonchev–Trinajstić information content (AvgIpc) is 1.39. The van der Waals surface area contributed by atoms with E-state index in [1.807, 2.05) is 14.1 Å². The topological polar surface area (TPSA) is 21.3 Å². The third-order valence-corrected chi connectivity index (χ3v) is 0. The van der Waals surface area contributed by atoms with Crippen LogP contribution in [-0.4, -0.2) is 21.2 Å². The minimum atomic E-state index is 1.59. The van der Waals surface area contributed by atoms with Gasteiger partial charge in [-0.1, -0.05) is 0 Å². The zero-order valence-corrected chi connectivity index (χ0v) is 5.64. The molecule has 0 radical (unpaired) electrons. The standard InChI is InChI=1S/C2H7N.CH5OP/c1-3-2;1-2-3/h3H,1-2H3;3H2,1H3. The van der Waals surface area contributed by atoms with Crippen LogP contribution < -0.4 is 5.32 Å². The molecule has 6 heavy (non-hydrogen) atoms. The fraction of sp³-hybridized carbons (Fsp3) is 1.00. The van der Waals surface area contributed by atoms with E-state index in [4.69, 9.17) is 0 Å². The maximum Gasteiger partial charge on any atom is 0.0391 e. The van der Waals surface area contributed by atoms with E-state index in [0.29, 0.717) is 0 Å². The van der Waals surface area contributed by atoms with Crippen LogP contribution >= 0.6 is 9.47 Å². The Labute approximate surface area is 41.6 Å². The normalized spacial score (nSPS) is 6.00. The average molecular weight is 109 g/mol. The van der Waals surface area contributed by atoms with Crippen molar-refractivity contribution in [1.29, 1.82) is 0 Å². The van der Waals surface area contributed by atoms with Crippen LogP contribution in [0.5, 0.6) is 0 Å². The summed E-state index contributed by atoms with van der Waals surface area (Å²) in [7, 11) is 7.42. The molecule has 0 aromatic rings. The van der Waals surface area contributed by atoms with E-state index < -0.39 is 0 Å². The van der Waals surface area contributed by atoms with Crippen molar-refractivity contribution in [2.45, 2.75) is 0 Å². The second-order valence-electron chi connectivity index (χ2n) is 0.736. The molecule has 0 amide bonds. The lowest BCUT2D eigenvalue weighted by molar-refractivity contribution is 0.488. The van der Waals surface area contributed by atoms with Gasteiger partial charge in [-0.15, -0.1) is 0 Å². The van der Waals surface area contributed by atoms with Gasteiger partial charge >= 0.3 is 0 Å². The Morgan fingerprint density at radius 3 is 1.50 bits per heavy atom. The molecule has 1 unspecified atom stereocenters. The molecule has 2 nitrogen and oxygen atoms in total. The molecular formula is C3H12NOP. The summed E-state index contributed by atoms with van der Waals surface area (Å²) >= 11 is 0. The van der Waals surface area contributed by atoms with E-state index in [9.17, 15) is 0 Å². The highest BCUT2D eigenvalue weighted by molar-refractivity contribution is 7.09. The highest BCUT2D eigenvalue weighted by Crippen LogP contribution is 1.68. The fourth-order valence-electron chi connectivity index (χ4n) is 0. The van der Waals surface area contributed by atoms with Crippen molar-refractivity contribution in [2.75, 3.05) is 21.2 Å². The largest absolute Gasteiger partial charge is 0.369 e. The highest BCUT2D eigenvalue weighted by atomic mass is 31.0. The van der Waals surface area contributed by atoms with E-state index in [2.05, 4.69) is 19.3 Å². The van der Waals surface area contributed by atoms with Crippen molar-refractivity contribution >= 4 is 9.47 Å². The summed E-state index contributed by atoms with van der Waals surface area (Å²) in [6, 6.07) is 0. The van der Waals surface area contributed by atoms with Crippen molar-refractivity contribution < 1.29 is 4.52 Å². The van der Waals surface area contributed by atoms with E-state index in [-0.39, 0.29) is 0 Å². The lowest BCUT2D eigenvalue weighted by Crippen LogP contribution is -1.89. The molecule has 0 aliphatic rings. The molecule has 0 aliphatic carbocycles. The van der Waals surface area contributed by atoms with Crippen LogP contribution in [0.2, 0.25) is 0 Å². The highest BCUT2D eigenvalue weighted by Gasteiger charge is 1.26. The van der Waals surface area contributed by atoms with E-state index in [0.717, 1.165) is 0 Å². The summed E-state index contributed by atoms with van der Waals surface area (Å²) in [5.74, 6) is 0. The molecule has 0 aliphatic heterocycles. The van der Waals surface area contributed by atoms with Crippen LogP contribution in [0.15, 0.2) is 0 Å². The van der Waals surface area contributed by atoms with Gasteiger partial charge < -0.3 is 9.84 Å². The minimum absolute atomic E-state index is 1.59. The third-order valence-electron chi connectivity index (χ3n) is 0. The van der Waals surface area contributed by atoms with Gasteiger partial charge in [-0.3, -0.25) is 0 Å². The predicted octanol–water partition coefficient (Wildman–Crippen LogP) is 0.258. The molecule has 1 atom stereocenters. The molecule has 0 aromatic heterocycles. The maximum atomic E-state index is 4.17. The van der Waals surface area contributed by atoms with Gasteiger partial charge in [-0.2, -0.15) is 0 Å². The Morgan fingerprint density at radius 1 is 1.50 bits per heavy atom. The molecule has 0 fully saturated rings. The second kappa shape index (κ2) is 18.3. The summed E-state index contributed by atoms with van der Waals surface area (Å²) < 4.78 is 4.17. The van der Waals surface area contributed by atoms with Gasteiger partial charge in [-0.05, 0) is 23.6 Å². The van der Waals surface area contributed by atoms with Crippen LogP contribution in [-0.2, 0) is 4.52 Å². The number of hydrogen-bond acceptors (Lipinski definition) is 2. The minimum Gasteiger partial charge on any atom is -0.369 e. The van der Waals surface area contributed by atoms with Crippen LogP contribution in [0.25, 0.3) is 0 Å². The molecule has 0 bridgehead atoms. The number of nitrogens with one attached hydrogen (secondary N) is 1. The Kier molecular flexibility index (Phi) is 29.3. The van der Waals surface area contributed by atoms with E-state index >= 15 is 0 Å². The van der Waals surface area contributed by atoms with Crippen LogP contribution in [0.1, 0.15) is 0 Å². The maximum absolute atomic E-state index is 4.17. The molecular weight excluding hydrogens is 97.0 g/mol. The molecule has 1 N–H and O–H groups in total. The van der Waals surface area contributed by atoms with E-state index in [1.165, 1.54) is 0 Å². The summed E-state index contributed by atoms with van der Waals surface area (Å²) in [6.45, 7) is 0. The van der Waals surface area contributed by atoms with Crippen molar-refractivity contribution in [1.82, 2.24) is 5.32 Å². The first kappa shape index (κ1) is 9.61. The zero-order valence-electron chi connectivity index (χ0n) is 4.49. The molecule has 0 heterocycles. The van der Waals surface area contributed by atoms with Gasteiger partial charge in [0.1, 0.15) is 0 Å². The quantitative estimate of drug-likeness (QED) is 0.450. The van der Waals surface area contributed by atoms with Crippen LogP contribution in [0.3, 0.4) is 0 Å². The summed E-state index contributed by atoms with van der Waals surface area (Å²) in [6.07, 6.45) is 0. The van der Waals surface area contributed by atoms with E-state index in [1.54, 1.807) is 7.11 Å². The first-order valence-corrected chi connectivity index (χ1v) is 2.12. The molecule has 0 saturated heterocycles. The van der Waals surface area contributed by atoms with Gasteiger partial charge in [0.05, 0.1) is 0 Å². The van der Waals surface area contributed by atoms with Gasteiger partial charge in [0, 0.05) is 7.11 Å². The molecule has 3 heteroatoms. The molecule has 0 spiro atoms. The van der Waals surface area contributed by atoms with Gasteiger partial charge in [0.2, 0.25) is 0 Å². The lowest BCUT2D eigenvalue weighted by atomic mass is 11.3. The molecule has 40 valence electrons. The third kappa shape index (κ3) is 399. The van der Waals surface area contributed by atoms with Crippen molar-refractivity contribution in [3.05, 3.63) is 0 Å². The SMILES string of the molecule is CNC.COP. The molecule has 0 rings (SSSR count). The zero-order chi connectivity index (χ0) is 5.41. The Morgan fingerprint density at radius 2 is 1.50 bits per heavy atom. The Bertz CT molecular complexity index is 12.8. The fourth-order valence-corrected chi connectivity index (χ4v) is 0. The molecule has 0 saturated carbocycles. The Hall–Kier alpha value is 0.350. The van der Waals surface area contributed by atoms with Crippen molar-refractivity contribution in [2.24, 2.45) is 0 Å². The number of hydrogen-bond donors (Lipinski definition) is 1. The second-order valence-corrected chi connectivity index (χ2v) is 1.21. The summed E-state index contributed by atoms with van der Waals surface area (Å²) in [5.41, 5.74) is 0. The van der Waals surface area contributed by atoms with Gasteiger partial charge in [0.25, 0.3) is 0 Å². The van der Waals surface area contributed by atoms with Gasteiger partial charge in [0.15, 0.2) is 0 Å². The lowest BCUT2D eigenvalue weighted by Gasteiger charge is -1.60. The first-order valence-electron chi connectivity index (χ1n) is 1.64. The monoisotopic (exact) mass is 109 g/mol. The van der Waals surface area contributed by atoms with Crippen LogP contribution in [0.4, 0.5) is 0 Å². The number of rotatable bonds is 0.